The average Bonchev–Trinajstić information content (AvgIpc) is 3.22. The van der Waals surface area contributed by atoms with Gasteiger partial charge < -0.3 is 14.5 Å². The van der Waals surface area contributed by atoms with Crippen LogP contribution >= 0.6 is 0 Å². The van der Waals surface area contributed by atoms with Gasteiger partial charge in [-0.15, -0.1) is 5.10 Å². The number of carbonyl (C=O) groups is 1. The Labute approximate surface area is 189 Å². The maximum absolute atomic E-state index is 13.0. The number of likely N-dealkylation sites (N-methyl/N-ethyl adjacent to an activating group) is 1. The lowest BCUT2D eigenvalue weighted by atomic mass is 10.1. The fourth-order valence-electron chi connectivity index (χ4n) is 3.97. The van der Waals surface area contributed by atoms with E-state index in [9.17, 15) is 18.0 Å². The van der Waals surface area contributed by atoms with Crippen molar-refractivity contribution in [2.24, 2.45) is 0 Å². The van der Waals surface area contributed by atoms with Crippen LogP contribution in [0.15, 0.2) is 24.3 Å². The van der Waals surface area contributed by atoms with Gasteiger partial charge in [0.05, 0.1) is 19.6 Å². The maximum Gasteiger partial charge on any atom is 0.453 e. The molecule has 1 saturated heterocycles. The molecule has 176 valence electrons. The van der Waals surface area contributed by atoms with Crippen molar-refractivity contribution >= 4 is 17.4 Å². The lowest BCUT2D eigenvalue weighted by Gasteiger charge is -2.31. The van der Waals surface area contributed by atoms with Crippen LogP contribution < -0.4 is 4.90 Å². The van der Waals surface area contributed by atoms with Crippen molar-refractivity contribution in [1.82, 2.24) is 24.5 Å². The van der Waals surface area contributed by atoms with Gasteiger partial charge in [-0.05, 0) is 25.5 Å². The van der Waals surface area contributed by atoms with Crippen LogP contribution in [0, 0.1) is 13.8 Å². The standard InChI is InChI=1S/C22H25F3N6O2/c1-14-17(15(2)31-21(26-14)27-20(28-31)22(23,24)25)12-19(32)29(3)13-16-6-4-5-7-18(16)30-8-10-33-11-9-30/h4-7H,8-13H2,1-3H3. The van der Waals surface area contributed by atoms with Gasteiger partial charge in [-0.3, -0.25) is 4.79 Å². The summed E-state index contributed by atoms with van der Waals surface area (Å²) < 4.78 is 45.5. The summed E-state index contributed by atoms with van der Waals surface area (Å²) in [5, 5.41) is 3.55. The van der Waals surface area contributed by atoms with Crippen LogP contribution in [-0.2, 0) is 28.7 Å². The Bertz CT molecular complexity index is 1170. The van der Waals surface area contributed by atoms with Gasteiger partial charge in [-0.2, -0.15) is 18.2 Å². The van der Waals surface area contributed by atoms with Crippen molar-refractivity contribution in [2.45, 2.75) is 33.0 Å². The van der Waals surface area contributed by atoms with Crippen molar-refractivity contribution in [1.29, 1.82) is 0 Å². The number of ether oxygens (including phenoxy) is 1. The number of anilines is 1. The van der Waals surface area contributed by atoms with E-state index in [0.717, 1.165) is 28.9 Å². The van der Waals surface area contributed by atoms with E-state index in [4.69, 9.17) is 4.74 Å². The van der Waals surface area contributed by atoms with Crippen LogP contribution in [0.25, 0.3) is 5.78 Å². The van der Waals surface area contributed by atoms with Gasteiger partial charge in [0.25, 0.3) is 11.6 Å². The first kappa shape index (κ1) is 23.0. The summed E-state index contributed by atoms with van der Waals surface area (Å²) in [6.45, 7) is 6.58. The van der Waals surface area contributed by atoms with E-state index < -0.39 is 12.0 Å². The number of carbonyl (C=O) groups excluding carboxylic acids is 1. The third-order valence-electron chi connectivity index (χ3n) is 5.81. The van der Waals surface area contributed by atoms with Crippen LogP contribution in [0.5, 0.6) is 0 Å². The van der Waals surface area contributed by atoms with Crippen molar-refractivity contribution in [3.05, 3.63) is 52.6 Å². The molecule has 0 radical (unpaired) electrons. The van der Waals surface area contributed by atoms with E-state index >= 15 is 0 Å². The maximum atomic E-state index is 13.0. The van der Waals surface area contributed by atoms with E-state index in [1.165, 1.54) is 0 Å². The lowest BCUT2D eigenvalue weighted by molar-refractivity contribution is -0.144. The molecule has 0 N–H and O–H groups in total. The second-order valence-corrected chi connectivity index (χ2v) is 8.06. The number of fused-ring (bicyclic) bond motifs is 1. The number of alkyl halides is 3. The molecule has 1 aliphatic rings. The molecule has 33 heavy (non-hydrogen) atoms. The lowest BCUT2D eigenvalue weighted by Crippen LogP contribution is -2.37. The fraction of sp³-hybridized carbons (Fsp3) is 0.455. The van der Waals surface area contributed by atoms with Gasteiger partial charge in [0, 0.05) is 49.3 Å². The number of para-hydroxylation sites is 1. The van der Waals surface area contributed by atoms with Crippen LogP contribution in [0.1, 0.15) is 28.3 Å². The summed E-state index contributed by atoms with van der Waals surface area (Å²) in [7, 11) is 1.71. The molecule has 1 aromatic carbocycles. The van der Waals surface area contributed by atoms with Gasteiger partial charge in [-0.1, -0.05) is 18.2 Å². The van der Waals surface area contributed by atoms with E-state index in [1.807, 2.05) is 24.3 Å². The van der Waals surface area contributed by atoms with Crippen LogP contribution in [0.2, 0.25) is 0 Å². The zero-order valence-corrected chi connectivity index (χ0v) is 18.7. The van der Waals surface area contributed by atoms with E-state index in [2.05, 4.69) is 20.0 Å². The minimum Gasteiger partial charge on any atom is -0.378 e. The molecule has 0 aliphatic carbocycles. The minimum atomic E-state index is -4.67. The molecule has 1 fully saturated rings. The zero-order valence-electron chi connectivity index (χ0n) is 18.7. The van der Waals surface area contributed by atoms with E-state index in [1.54, 1.807) is 25.8 Å². The van der Waals surface area contributed by atoms with Crippen molar-refractivity contribution < 1.29 is 22.7 Å². The Morgan fingerprint density at radius 2 is 1.85 bits per heavy atom. The molecule has 0 spiro atoms. The summed E-state index contributed by atoms with van der Waals surface area (Å²) in [4.78, 5) is 24.5. The third-order valence-corrected chi connectivity index (χ3v) is 5.81. The quantitative estimate of drug-likeness (QED) is 0.581. The Hall–Kier alpha value is -3.21. The largest absolute Gasteiger partial charge is 0.453 e. The van der Waals surface area contributed by atoms with Gasteiger partial charge in [-0.25, -0.2) is 9.50 Å². The summed E-state index contributed by atoms with van der Waals surface area (Å²) in [6, 6.07) is 7.94. The number of hydrogen-bond donors (Lipinski definition) is 0. The molecule has 4 rings (SSSR count). The monoisotopic (exact) mass is 462 g/mol. The smallest absolute Gasteiger partial charge is 0.378 e. The molecule has 1 aliphatic heterocycles. The van der Waals surface area contributed by atoms with Crippen LogP contribution in [0.4, 0.5) is 18.9 Å². The normalized spacial score (nSPS) is 14.7. The first-order chi connectivity index (χ1) is 15.6. The molecule has 8 nitrogen and oxygen atoms in total. The highest BCUT2D eigenvalue weighted by Crippen LogP contribution is 2.27. The van der Waals surface area contributed by atoms with Crippen LogP contribution in [-0.4, -0.2) is 63.7 Å². The Morgan fingerprint density at radius 1 is 1.15 bits per heavy atom. The molecule has 0 bridgehead atoms. The number of nitrogens with zero attached hydrogens (tertiary/aromatic N) is 6. The van der Waals surface area contributed by atoms with Gasteiger partial charge >= 0.3 is 6.18 Å². The number of morpholine rings is 1. The highest BCUT2D eigenvalue weighted by Gasteiger charge is 2.37. The number of halogens is 3. The molecule has 3 heterocycles. The number of amides is 1. The SMILES string of the molecule is Cc1nc2nc(C(F)(F)F)nn2c(C)c1CC(=O)N(C)Cc1ccccc1N1CCOCC1. The summed E-state index contributed by atoms with van der Waals surface area (Å²) in [5.74, 6) is -1.56. The van der Waals surface area contributed by atoms with Crippen LogP contribution in [0.3, 0.4) is 0 Å². The molecule has 3 aromatic rings. The molecule has 0 atom stereocenters. The average molecular weight is 462 g/mol. The highest BCUT2D eigenvalue weighted by molar-refractivity contribution is 5.79. The number of aryl methyl sites for hydroxylation is 2. The number of rotatable bonds is 5. The van der Waals surface area contributed by atoms with Gasteiger partial charge in [0.2, 0.25) is 5.91 Å². The Balaban J connectivity index is 1.54. The predicted molar refractivity (Wildman–Crippen MR) is 115 cm³/mol. The molecule has 11 heteroatoms. The molecule has 0 saturated carbocycles. The van der Waals surface area contributed by atoms with E-state index in [0.29, 0.717) is 36.7 Å². The predicted octanol–water partition coefficient (Wildman–Crippen LogP) is 2.80. The molecular formula is C22H25F3N6O2. The zero-order chi connectivity index (χ0) is 23.8. The minimum absolute atomic E-state index is 0.00195. The molecule has 0 unspecified atom stereocenters. The number of aromatic nitrogens is 4. The second kappa shape index (κ2) is 8.97. The van der Waals surface area contributed by atoms with Crippen molar-refractivity contribution in [3.63, 3.8) is 0 Å². The molecular weight excluding hydrogens is 437 g/mol. The first-order valence-corrected chi connectivity index (χ1v) is 10.6. The number of benzene rings is 1. The second-order valence-electron chi connectivity index (χ2n) is 8.06. The summed E-state index contributed by atoms with van der Waals surface area (Å²) >= 11 is 0. The third kappa shape index (κ3) is 4.77. The van der Waals surface area contributed by atoms with Gasteiger partial charge in [0.15, 0.2) is 0 Å². The van der Waals surface area contributed by atoms with Gasteiger partial charge in [0.1, 0.15) is 0 Å². The van der Waals surface area contributed by atoms with Crippen molar-refractivity contribution in [3.8, 4) is 0 Å². The first-order valence-electron chi connectivity index (χ1n) is 10.6. The van der Waals surface area contributed by atoms with E-state index in [-0.39, 0.29) is 18.1 Å². The van der Waals surface area contributed by atoms with Crippen molar-refractivity contribution in [2.75, 3.05) is 38.3 Å². The fourth-order valence-corrected chi connectivity index (χ4v) is 3.97. The Morgan fingerprint density at radius 3 is 2.55 bits per heavy atom. The molecule has 1 amide bonds. The topological polar surface area (TPSA) is 75.9 Å². The summed E-state index contributed by atoms with van der Waals surface area (Å²) in [5.41, 5.74) is 3.49. The molecule has 2 aromatic heterocycles. The highest BCUT2D eigenvalue weighted by atomic mass is 19.4. The number of hydrogen-bond acceptors (Lipinski definition) is 6. The summed E-state index contributed by atoms with van der Waals surface area (Å²) in [6.07, 6.45) is -4.67. The Kier molecular flexibility index (Phi) is 6.24.